The van der Waals surface area contributed by atoms with Crippen LogP contribution in [0.15, 0.2) is 48.5 Å². The molecule has 1 aliphatic rings. The molecule has 130 valence electrons. The number of anilines is 1. The Hall–Kier alpha value is -2.82. The summed E-state index contributed by atoms with van der Waals surface area (Å²) in [5.74, 6) is -0.137. The SMILES string of the molecule is NC(=O)NC(CC(=O)Nc1cccc2c1CCCC2)c1ccccc1. The van der Waals surface area contributed by atoms with Gasteiger partial charge in [0.2, 0.25) is 5.91 Å². The third-order valence-corrected chi connectivity index (χ3v) is 4.58. The molecule has 3 amide bonds. The number of urea groups is 1. The lowest BCUT2D eigenvalue weighted by Gasteiger charge is -2.21. The van der Waals surface area contributed by atoms with Gasteiger partial charge < -0.3 is 16.4 Å². The Bertz CT molecular complexity index is 759. The predicted octanol–water partition coefficient (Wildman–Crippen LogP) is 3.30. The molecule has 2 aromatic rings. The number of fused-ring (bicyclic) bond motifs is 1. The van der Waals surface area contributed by atoms with Crippen LogP contribution in [-0.2, 0) is 17.6 Å². The van der Waals surface area contributed by atoms with E-state index in [-0.39, 0.29) is 12.3 Å². The van der Waals surface area contributed by atoms with Crippen LogP contribution in [0, 0.1) is 0 Å². The van der Waals surface area contributed by atoms with Crippen molar-refractivity contribution in [1.82, 2.24) is 5.32 Å². The van der Waals surface area contributed by atoms with Crippen LogP contribution in [0.4, 0.5) is 10.5 Å². The van der Waals surface area contributed by atoms with Crippen molar-refractivity contribution in [2.45, 2.75) is 38.1 Å². The van der Waals surface area contributed by atoms with Gasteiger partial charge in [-0.2, -0.15) is 0 Å². The van der Waals surface area contributed by atoms with Crippen LogP contribution >= 0.6 is 0 Å². The summed E-state index contributed by atoms with van der Waals surface area (Å²) in [6.07, 6.45) is 4.54. The molecule has 25 heavy (non-hydrogen) atoms. The molecule has 0 heterocycles. The van der Waals surface area contributed by atoms with Crippen molar-refractivity contribution in [2.75, 3.05) is 5.32 Å². The second-order valence-corrected chi connectivity index (χ2v) is 6.37. The van der Waals surface area contributed by atoms with Crippen LogP contribution in [0.2, 0.25) is 0 Å². The number of carbonyl (C=O) groups is 2. The number of primary amides is 1. The van der Waals surface area contributed by atoms with E-state index in [9.17, 15) is 9.59 Å². The normalized spacial score (nSPS) is 14.2. The highest BCUT2D eigenvalue weighted by atomic mass is 16.2. The molecule has 4 N–H and O–H groups in total. The zero-order valence-electron chi connectivity index (χ0n) is 14.1. The summed E-state index contributed by atoms with van der Waals surface area (Å²) in [6, 6.07) is 14.4. The second kappa shape index (κ2) is 7.83. The van der Waals surface area contributed by atoms with Gasteiger partial charge in [-0.3, -0.25) is 4.79 Å². The molecular weight excluding hydrogens is 314 g/mol. The zero-order chi connectivity index (χ0) is 17.6. The minimum Gasteiger partial charge on any atom is -0.352 e. The number of carbonyl (C=O) groups excluding carboxylic acids is 2. The van der Waals surface area contributed by atoms with E-state index in [1.165, 1.54) is 17.5 Å². The Morgan fingerprint density at radius 2 is 1.76 bits per heavy atom. The highest BCUT2D eigenvalue weighted by Gasteiger charge is 2.19. The van der Waals surface area contributed by atoms with E-state index in [0.29, 0.717) is 0 Å². The Labute approximate surface area is 147 Å². The summed E-state index contributed by atoms with van der Waals surface area (Å²) in [5.41, 5.74) is 9.56. The molecule has 3 rings (SSSR count). The average Bonchev–Trinajstić information content (AvgIpc) is 2.62. The minimum absolute atomic E-state index is 0.136. The van der Waals surface area contributed by atoms with Crippen molar-refractivity contribution in [1.29, 1.82) is 0 Å². The quantitative estimate of drug-likeness (QED) is 0.782. The third kappa shape index (κ3) is 4.38. The first-order chi connectivity index (χ1) is 12.1. The molecule has 0 aliphatic heterocycles. The van der Waals surface area contributed by atoms with Gasteiger partial charge in [-0.25, -0.2) is 4.79 Å². The number of rotatable bonds is 5. The van der Waals surface area contributed by atoms with Crippen molar-refractivity contribution in [3.63, 3.8) is 0 Å². The highest BCUT2D eigenvalue weighted by Crippen LogP contribution is 2.28. The van der Waals surface area contributed by atoms with E-state index in [1.54, 1.807) is 0 Å². The van der Waals surface area contributed by atoms with E-state index in [1.807, 2.05) is 42.5 Å². The summed E-state index contributed by atoms with van der Waals surface area (Å²) in [5, 5.41) is 5.67. The lowest BCUT2D eigenvalue weighted by atomic mass is 9.90. The first kappa shape index (κ1) is 17.0. The number of nitrogens with two attached hydrogens (primary N) is 1. The molecule has 0 aromatic heterocycles. The summed E-state index contributed by atoms with van der Waals surface area (Å²) < 4.78 is 0. The Morgan fingerprint density at radius 3 is 2.52 bits per heavy atom. The fourth-order valence-corrected chi connectivity index (χ4v) is 3.39. The van der Waals surface area contributed by atoms with E-state index in [4.69, 9.17) is 5.73 Å². The Balaban J connectivity index is 1.73. The Kier molecular flexibility index (Phi) is 5.33. The third-order valence-electron chi connectivity index (χ3n) is 4.58. The van der Waals surface area contributed by atoms with Crippen molar-refractivity contribution >= 4 is 17.6 Å². The summed E-state index contributed by atoms with van der Waals surface area (Å²) >= 11 is 0. The average molecular weight is 337 g/mol. The lowest BCUT2D eigenvalue weighted by Crippen LogP contribution is -2.35. The van der Waals surface area contributed by atoms with E-state index < -0.39 is 12.1 Å². The molecule has 0 fully saturated rings. The fraction of sp³-hybridized carbons (Fsp3) is 0.300. The molecule has 1 aliphatic carbocycles. The maximum Gasteiger partial charge on any atom is 0.312 e. The molecule has 5 nitrogen and oxygen atoms in total. The van der Waals surface area contributed by atoms with E-state index in [0.717, 1.165) is 30.5 Å². The molecular formula is C20H23N3O2. The van der Waals surface area contributed by atoms with Crippen LogP contribution < -0.4 is 16.4 Å². The van der Waals surface area contributed by atoms with Gasteiger partial charge in [0.1, 0.15) is 0 Å². The maximum atomic E-state index is 12.6. The van der Waals surface area contributed by atoms with Gasteiger partial charge in [0.15, 0.2) is 0 Å². The monoisotopic (exact) mass is 337 g/mol. The molecule has 1 unspecified atom stereocenters. The minimum atomic E-state index is -0.640. The van der Waals surface area contributed by atoms with Gasteiger partial charge in [-0.15, -0.1) is 0 Å². The molecule has 0 saturated carbocycles. The van der Waals surface area contributed by atoms with Gasteiger partial charge in [0, 0.05) is 5.69 Å². The molecule has 2 aromatic carbocycles. The standard InChI is InChI=1S/C20H23N3O2/c21-20(25)23-18(15-8-2-1-3-9-15)13-19(24)22-17-12-6-10-14-7-4-5-11-16(14)17/h1-3,6,8-10,12,18H,4-5,7,11,13H2,(H,22,24)(H3,21,23,25). The van der Waals surface area contributed by atoms with Crippen LogP contribution in [0.25, 0.3) is 0 Å². The largest absolute Gasteiger partial charge is 0.352 e. The van der Waals surface area contributed by atoms with Gasteiger partial charge in [0.05, 0.1) is 12.5 Å². The fourth-order valence-electron chi connectivity index (χ4n) is 3.39. The predicted molar refractivity (Wildman–Crippen MR) is 98.2 cm³/mol. The molecule has 0 radical (unpaired) electrons. The first-order valence-electron chi connectivity index (χ1n) is 8.65. The second-order valence-electron chi connectivity index (χ2n) is 6.37. The number of amides is 3. The molecule has 0 saturated heterocycles. The van der Waals surface area contributed by atoms with Crippen molar-refractivity contribution in [3.05, 3.63) is 65.2 Å². The number of benzene rings is 2. The van der Waals surface area contributed by atoms with Gasteiger partial charge >= 0.3 is 6.03 Å². The van der Waals surface area contributed by atoms with E-state index >= 15 is 0 Å². The summed E-state index contributed by atoms with van der Waals surface area (Å²) in [4.78, 5) is 23.9. The van der Waals surface area contributed by atoms with Crippen LogP contribution in [0.1, 0.15) is 42.0 Å². The zero-order valence-corrected chi connectivity index (χ0v) is 14.1. The first-order valence-corrected chi connectivity index (χ1v) is 8.65. The summed E-state index contributed by atoms with van der Waals surface area (Å²) in [7, 11) is 0. The van der Waals surface area contributed by atoms with Crippen molar-refractivity contribution in [3.8, 4) is 0 Å². The highest BCUT2D eigenvalue weighted by molar-refractivity contribution is 5.92. The smallest absolute Gasteiger partial charge is 0.312 e. The number of aryl methyl sites for hydroxylation is 1. The number of nitrogens with one attached hydrogen (secondary N) is 2. The molecule has 5 heteroatoms. The van der Waals surface area contributed by atoms with Crippen LogP contribution in [-0.4, -0.2) is 11.9 Å². The number of hydrogen-bond acceptors (Lipinski definition) is 2. The number of hydrogen-bond donors (Lipinski definition) is 3. The lowest BCUT2D eigenvalue weighted by molar-refractivity contribution is -0.116. The molecule has 0 spiro atoms. The maximum absolute atomic E-state index is 12.6. The van der Waals surface area contributed by atoms with Gasteiger partial charge in [-0.05, 0) is 48.4 Å². The van der Waals surface area contributed by atoms with Crippen LogP contribution in [0.3, 0.4) is 0 Å². The topological polar surface area (TPSA) is 84.2 Å². The summed E-state index contributed by atoms with van der Waals surface area (Å²) in [6.45, 7) is 0. The van der Waals surface area contributed by atoms with E-state index in [2.05, 4.69) is 16.7 Å². The van der Waals surface area contributed by atoms with Crippen molar-refractivity contribution < 1.29 is 9.59 Å². The van der Waals surface area contributed by atoms with Crippen molar-refractivity contribution in [2.24, 2.45) is 5.73 Å². The Morgan fingerprint density at radius 1 is 1.00 bits per heavy atom. The van der Waals surface area contributed by atoms with Crippen LogP contribution in [0.5, 0.6) is 0 Å². The van der Waals surface area contributed by atoms with Gasteiger partial charge in [0.25, 0.3) is 0 Å². The van der Waals surface area contributed by atoms with Gasteiger partial charge in [-0.1, -0.05) is 42.5 Å². The molecule has 1 atom stereocenters. The molecule has 0 bridgehead atoms.